The van der Waals surface area contributed by atoms with E-state index in [-0.39, 0.29) is 17.7 Å². The Morgan fingerprint density at radius 3 is 2.74 bits per heavy atom. The summed E-state index contributed by atoms with van der Waals surface area (Å²) < 4.78 is 1.75. The number of benzene rings is 1. The molecule has 1 fully saturated rings. The van der Waals surface area contributed by atoms with Crippen LogP contribution in [-0.2, 0) is 9.59 Å². The lowest BCUT2D eigenvalue weighted by Crippen LogP contribution is -2.30. The number of aromatic nitrogens is 2. The Morgan fingerprint density at radius 2 is 2.04 bits per heavy atom. The molecule has 2 heterocycles. The van der Waals surface area contributed by atoms with Crippen molar-refractivity contribution in [2.45, 2.75) is 6.42 Å². The number of carbonyl (C=O) groups is 2. The second kappa shape index (κ2) is 6.48. The van der Waals surface area contributed by atoms with Crippen molar-refractivity contribution in [3.05, 3.63) is 54.4 Å². The SMILES string of the molecule is NC(=O)C1CCN(C(=O)/C=C/c2cnn(-c3ccccc3)c2)C1. The number of amides is 2. The lowest BCUT2D eigenvalue weighted by molar-refractivity contribution is -0.125. The molecule has 0 spiro atoms. The van der Waals surface area contributed by atoms with Gasteiger partial charge < -0.3 is 10.6 Å². The standard InChI is InChI=1S/C17H18N4O2/c18-17(23)14-8-9-20(12-14)16(22)7-6-13-10-19-21(11-13)15-4-2-1-3-5-15/h1-7,10-11,14H,8-9,12H2,(H2,18,23)/b7-6+. The lowest BCUT2D eigenvalue weighted by Gasteiger charge is -2.12. The van der Waals surface area contributed by atoms with E-state index in [0.29, 0.717) is 19.5 Å². The van der Waals surface area contributed by atoms with Gasteiger partial charge in [-0.1, -0.05) is 18.2 Å². The molecule has 0 aliphatic carbocycles. The van der Waals surface area contributed by atoms with Gasteiger partial charge >= 0.3 is 0 Å². The molecule has 1 atom stereocenters. The molecule has 1 aliphatic heterocycles. The smallest absolute Gasteiger partial charge is 0.246 e. The number of hydrogen-bond acceptors (Lipinski definition) is 3. The Balaban J connectivity index is 1.63. The third-order valence-electron chi connectivity index (χ3n) is 3.94. The van der Waals surface area contributed by atoms with Crippen LogP contribution >= 0.6 is 0 Å². The van der Waals surface area contributed by atoms with Gasteiger partial charge in [0.1, 0.15) is 0 Å². The molecular weight excluding hydrogens is 292 g/mol. The average Bonchev–Trinajstić information content (AvgIpc) is 3.23. The van der Waals surface area contributed by atoms with Gasteiger partial charge in [0.2, 0.25) is 11.8 Å². The number of nitrogens with two attached hydrogens (primary N) is 1. The monoisotopic (exact) mass is 310 g/mol. The molecule has 0 saturated carbocycles. The Labute approximate surface area is 134 Å². The van der Waals surface area contributed by atoms with Crippen LogP contribution in [0.3, 0.4) is 0 Å². The zero-order chi connectivity index (χ0) is 16.2. The first kappa shape index (κ1) is 15.0. The van der Waals surface area contributed by atoms with E-state index in [4.69, 9.17) is 5.73 Å². The summed E-state index contributed by atoms with van der Waals surface area (Å²) in [5.74, 6) is -0.678. The number of carbonyl (C=O) groups excluding carboxylic acids is 2. The topological polar surface area (TPSA) is 81.2 Å². The summed E-state index contributed by atoms with van der Waals surface area (Å²) in [6, 6.07) is 9.75. The largest absolute Gasteiger partial charge is 0.369 e. The molecule has 6 heteroatoms. The second-order valence-corrected chi connectivity index (χ2v) is 5.56. The fraction of sp³-hybridized carbons (Fsp3) is 0.235. The molecule has 1 unspecified atom stereocenters. The fourth-order valence-corrected chi connectivity index (χ4v) is 2.61. The van der Waals surface area contributed by atoms with E-state index < -0.39 is 0 Å². The van der Waals surface area contributed by atoms with Crippen molar-refractivity contribution in [3.8, 4) is 5.69 Å². The van der Waals surface area contributed by atoms with E-state index >= 15 is 0 Å². The van der Waals surface area contributed by atoms with E-state index in [1.54, 1.807) is 21.9 Å². The zero-order valence-electron chi connectivity index (χ0n) is 12.6. The summed E-state index contributed by atoms with van der Waals surface area (Å²) in [4.78, 5) is 24.9. The van der Waals surface area contributed by atoms with Gasteiger partial charge in [0, 0.05) is 30.9 Å². The van der Waals surface area contributed by atoms with Crippen molar-refractivity contribution in [2.24, 2.45) is 11.7 Å². The Kier molecular flexibility index (Phi) is 4.23. The molecule has 6 nitrogen and oxygen atoms in total. The quantitative estimate of drug-likeness (QED) is 0.862. The maximum Gasteiger partial charge on any atom is 0.246 e. The zero-order valence-corrected chi connectivity index (χ0v) is 12.6. The van der Waals surface area contributed by atoms with Crippen LogP contribution in [0.15, 0.2) is 48.8 Å². The normalized spacial score (nSPS) is 17.7. The number of nitrogens with zero attached hydrogens (tertiary/aromatic N) is 3. The van der Waals surface area contributed by atoms with Gasteiger partial charge in [0.25, 0.3) is 0 Å². The predicted octanol–water partition coefficient (Wildman–Crippen LogP) is 1.22. The molecule has 23 heavy (non-hydrogen) atoms. The number of likely N-dealkylation sites (tertiary alicyclic amines) is 1. The van der Waals surface area contributed by atoms with Gasteiger partial charge in [-0.25, -0.2) is 4.68 Å². The first-order valence-corrected chi connectivity index (χ1v) is 7.50. The number of para-hydroxylation sites is 1. The first-order valence-electron chi connectivity index (χ1n) is 7.50. The van der Waals surface area contributed by atoms with Crippen LogP contribution in [0.1, 0.15) is 12.0 Å². The summed E-state index contributed by atoms with van der Waals surface area (Å²) in [7, 11) is 0. The summed E-state index contributed by atoms with van der Waals surface area (Å²) >= 11 is 0. The van der Waals surface area contributed by atoms with E-state index in [9.17, 15) is 9.59 Å². The third kappa shape index (κ3) is 3.48. The lowest BCUT2D eigenvalue weighted by atomic mass is 10.1. The van der Waals surface area contributed by atoms with Crippen LogP contribution in [0.25, 0.3) is 11.8 Å². The molecule has 2 amide bonds. The predicted molar refractivity (Wildman–Crippen MR) is 86.5 cm³/mol. The Morgan fingerprint density at radius 1 is 1.26 bits per heavy atom. The van der Waals surface area contributed by atoms with Crippen LogP contribution < -0.4 is 5.73 Å². The van der Waals surface area contributed by atoms with Crippen molar-refractivity contribution in [2.75, 3.05) is 13.1 Å². The van der Waals surface area contributed by atoms with Crippen molar-refractivity contribution in [1.29, 1.82) is 0 Å². The van der Waals surface area contributed by atoms with E-state index in [1.807, 2.05) is 36.5 Å². The van der Waals surface area contributed by atoms with Crippen molar-refractivity contribution in [3.63, 3.8) is 0 Å². The van der Waals surface area contributed by atoms with Gasteiger partial charge in [-0.05, 0) is 24.6 Å². The minimum absolute atomic E-state index is 0.110. The number of hydrogen-bond donors (Lipinski definition) is 1. The fourth-order valence-electron chi connectivity index (χ4n) is 2.61. The molecule has 1 saturated heterocycles. The van der Waals surface area contributed by atoms with Gasteiger partial charge in [0.05, 0.1) is 17.8 Å². The van der Waals surface area contributed by atoms with Crippen LogP contribution in [-0.4, -0.2) is 39.6 Å². The van der Waals surface area contributed by atoms with Crippen molar-refractivity contribution in [1.82, 2.24) is 14.7 Å². The second-order valence-electron chi connectivity index (χ2n) is 5.56. The maximum atomic E-state index is 12.1. The van der Waals surface area contributed by atoms with E-state index in [1.165, 1.54) is 6.08 Å². The summed E-state index contributed by atoms with van der Waals surface area (Å²) in [5, 5.41) is 4.28. The van der Waals surface area contributed by atoms with Crippen LogP contribution in [0, 0.1) is 5.92 Å². The van der Waals surface area contributed by atoms with E-state index in [2.05, 4.69) is 5.10 Å². The summed E-state index contributed by atoms with van der Waals surface area (Å²) in [6.45, 7) is 0.974. The number of rotatable bonds is 4. The van der Waals surface area contributed by atoms with Crippen LogP contribution in [0.2, 0.25) is 0 Å². The average molecular weight is 310 g/mol. The highest BCUT2D eigenvalue weighted by Crippen LogP contribution is 2.16. The Hall–Kier alpha value is -2.89. The Bertz CT molecular complexity index is 736. The molecule has 1 aromatic heterocycles. The highest BCUT2D eigenvalue weighted by atomic mass is 16.2. The molecule has 1 aromatic carbocycles. The van der Waals surface area contributed by atoms with Crippen molar-refractivity contribution < 1.29 is 9.59 Å². The number of primary amides is 1. The highest BCUT2D eigenvalue weighted by molar-refractivity contribution is 5.92. The molecule has 2 N–H and O–H groups in total. The molecule has 0 radical (unpaired) electrons. The van der Waals surface area contributed by atoms with E-state index in [0.717, 1.165) is 11.3 Å². The van der Waals surface area contributed by atoms with Crippen LogP contribution in [0.4, 0.5) is 0 Å². The maximum absolute atomic E-state index is 12.1. The highest BCUT2D eigenvalue weighted by Gasteiger charge is 2.28. The van der Waals surface area contributed by atoms with Gasteiger partial charge in [-0.2, -0.15) is 5.10 Å². The molecule has 3 rings (SSSR count). The summed E-state index contributed by atoms with van der Waals surface area (Å²) in [6.07, 6.45) is 7.44. The first-order chi connectivity index (χ1) is 11.1. The summed E-state index contributed by atoms with van der Waals surface area (Å²) in [5.41, 5.74) is 7.08. The minimum atomic E-state index is -0.339. The molecule has 1 aliphatic rings. The van der Waals surface area contributed by atoms with Crippen LogP contribution in [0.5, 0.6) is 0 Å². The molecular formula is C17H18N4O2. The third-order valence-corrected chi connectivity index (χ3v) is 3.94. The minimum Gasteiger partial charge on any atom is -0.369 e. The van der Waals surface area contributed by atoms with Gasteiger partial charge in [0.15, 0.2) is 0 Å². The molecule has 2 aromatic rings. The molecule has 0 bridgehead atoms. The molecule has 118 valence electrons. The van der Waals surface area contributed by atoms with Gasteiger partial charge in [-0.3, -0.25) is 9.59 Å². The van der Waals surface area contributed by atoms with Gasteiger partial charge in [-0.15, -0.1) is 0 Å². The van der Waals surface area contributed by atoms with Crippen molar-refractivity contribution >= 4 is 17.9 Å².